The quantitative estimate of drug-likeness (QED) is 0.806. The summed E-state index contributed by atoms with van der Waals surface area (Å²) < 4.78 is 18.3. The fourth-order valence-corrected chi connectivity index (χ4v) is 4.03. The van der Waals surface area contributed by atoms with Crippen LogP contribution in [0.25, 0.3) is 0 Å². The third kappa shape index (κ3) is 3.97. The molecule has 0 saturated carbocycles. The van der Waals surface area contributed by atoms with Crippen LogP contribution >= 0.6 is 0 Å². The van der Waals surface area contributed by atoms with Crippen LogP contribution in [0.2, 0.25) is 0 Å². The number of methoxy groups -OCH3 is 1. The van der Waals surface area contributed by atoms with Gasteiger partial charge in [0.25, 0.3) is 0 Å². The number of ether oxygens (including phenoxy) is 2. The van der Waals surface area contributed by atoms with E-state index < -0.39 is 0 Å². The van der Waals surface area contributed by atoms with E-state index in [0.717, 1.165) is 52.2 Å². The van der Waals surface area contributed by atoms with Gasteiger partial charge in [-0.1, -0.05) is 0 Å². The van der Waals surface area contributed by atoms with Crippen LogP contribution in [0.5, 0.6) is 0 Å². The van der Waals surface area contributed by atoms with Gasteiger partial charge < -0.3 is 13.9 Å². The Morgan fingerprint density at radius 2 is 2.20 bits per heavy atom. The number of hydrogen-bond donors (Lipinski definition) is 0. The van der Waals surface area contributed by atoms with Crippen LogP contribution in [0, 0.1) is 5.92 Å². The second kappa shape index (κ2) is 7.72. The van der Waals surface area contributed by atoms with E-state index in [9.17, 15) is 0 Å². The zero-order chi connectivity index (χ0) is 17.1. The van der Waals surface area contributed by atoms with E-state index in [4.69, 9.17) is 19.0 Å². The van der Waals surface area contributed by atoms with E-state index in [0.29, 0.717) is 18.4 Å². The average Bonchev–Trinajstić information content (AvgIpc) is 3.26. The maximum absolute atomic E-state index is 5.47. The Morgan fingerprint density at radius 3 is 2.96 bits per heavy atom. The summed E-state index contributed by atoms with van der Waals surface area (Å²) in [5, 5.41) is 4.93. The summed E-state index contributed by atoms with van der Waals surface area (Å²) in [7, 11) is 1.77. The van der Waals surface area contributed by atoms with Crippen LogP contribution < -0.4 is 0 Å². The van der Waals surface area contributed by atoms with Gasteiger partial charge in [0.15, 0.2) is 0 Å². The molecule has 0 aliphatic carbocycles. The second-order valence-corrected chi connectivity index (χ2v) is 7.27. The molecular formula is C19H27N3O3. The van der Waals surface area contributed by atoms with Gasteiger partial charge in [0, 0.05) is 69.7 Å². The number of hydrogen-bond acceptors (Lipinski definition) is 5. The predicted octanol–water partition coefficient (Wildman–Crippen LogP) is 2.65. The van der Waals surface area contributed by atoms with E-state index >= 15 is 0 Å². The van der Waals surface area contributed by atoms with E-state index in [-0.39, 0.29) is 0 Å². The molecular weight excluding hydrogens is 318 g/mol. The van der Waals surface area contributed by atoms with E-state index in [1.807, 2.05) is 12.3 Å². The highest BCUT2D eigenvalue weighted by atomic mass is 16.5. The van der Waals surface area contributed by atoms with Gasteiger partial charge in [-0.3, -0.25) is 9.58 Å². The minimum Gasteiger partial charge on any atom is -0.472 e. The van der Waals surface area contributed by atoms with Gasteiger partial charge in [-0.2, -0.15) is 5.10 Å². The Hall–Kier alpha value is -1.63. The first-order valence-electron chi connectivity index (χ1n) is 9.18. The first-order valence-corrected chi connectivity index (χ1v) is 9.18. The largest absolute Gasteiger partial charge is 0.472 e. The van der Waals surface area contributed by atoms with Crippen molar-refractivity contribution in [2.75, 3.05) is 33.5 Å². The van der Waals surface area contributed by atoms with Gasteiger partial charge in [-0.25, -0.2) is 0 Å². The molecule has 25 heavy (non-hydrogen) atoms. The molecule has 2 aliphatic heterocycles. The van der Waals surface area contributed by atoms with E-state index in [1.165, 1.54) is 16.8 Å². The molecule has 2 aromatic rings. The molecule has 1 saturated heterocycles. The molecule has 2 aromatic heterocycles. The van der Waals surface area contributed by atoms with Gasteiger partial charge in [0.2, 0.25) is 0 Å². The second-order valence-electron chi connectivity index (χ2n) is 7.27. The maximum atomic E-state index is 5.47. The molecule has 4 rings (SSSR count). The molecule has 4 heterocycles. The summed E-state index contributed by atoms with van der Waals surface area (Å²) in [5.41, 5.74) is 3.77. The van der Waals surface area contributed by atoms with Crippen molar-refractivity contribution in [1.29, 1.82) is 0 Å². The topological polar surface area (TPSA) is 52.7 Å². The Balaban J connectivity index is 1.48. The van der Waals surface area contributed by atoms with Crippen molar-refractivity contribution in [2.24, 2.45) is 5.92 Å². The standard InChI is InChI=1S/C19H27N3O3/c1-23-14-18-11-21(8-16-4-7-25-13-16)10-17-12-22(20-19(17)18)9-15-2-5-24-6-3-15/h4,7,12-13,15,18H,2-3,5-6,8-11,14H2,1H3/t18-/m0/s1. The van der Waals surface area contributed by atoms with Crippen LogP contribution in [0.15, 0.2) is 29.2 Å². The van der Waals surface area contributed by atoms with Crippen molar-refractivity contribution >= 4 is 0 Å². The van der Waals surface area contributed by atoms with Crippen LogP contribution in [0.4, 0.5) is 0 Å². The summed E-state index contributed by atoms with van der Waals surface area (Å²) in [5.74, 6) is 1.01. The highest BCUT2D eigenvalue weighted by molar-refractivity contribution is 5.25. The molecule has 2 aliphatic rings. The van der Waals surface area contributed by atoms with Gasteiger partial charge in [-0.15, -0.1) is 0 Å². The Kier molecular flexibility index (Phi) is 5.20. The van der Waals surface area contributed by atoms with Crippen molar-refractivity contribution < 1.29 is 13.9 Å². The smallest absolute Gasteiger partial charge is 0.0947 e. The zero-order valence-electron chi connectivity index (χ0n) is 14.9. The average molecular weight is 345 g/mol. The van der Waals surface area contributed by atoms with E-state index in [1.54, 1.807) is 13.4 Å². The number of fused-ring (bicyclic) bond motifs is 1. The number of furan rings is 1. The summed E-state index contributed by atoms with van der Waals surface area (Å²) in [6.45, 7) is 6.30. The number of rotatable bonds is 6. The summed E-state index contributed by atoms with van der Waals surface area (Å²) >= 11 is 0. The molecule has 0 amide bonds. The molecule has 0 bridgehead atoms. The lowest BCUT2D eigenvalue weighted by Gasteiger charge is -2.31. The molecule has 0 radical (unpaired) electrons. The maximum Gasteiger partial charge on any atom is 0.0947 e. The number of aromatic nitrogens is 2. The van der Waals surface area contributed by atoms with Crippen LogP contribution in [0.1, 0.15) is 35.6 Å². The first-order chi connectivity index (χ1) is 12.3. The van der Waals surface area contributed by atoms with Crippen molar-refractivity contribution in [1.82, 2.24) is 14.7 Å². The molecule has 0 spiro atoms. The van der Waals surface area contributed by atoms with Gasteiger partial charge in [-0.05, 0) is 24.8 Å². The van der Waals surface area contributed by atoms with Crippen molar-refractivity contribution in [3.63, 3.8) is 0 Å². The Morgan fingerprint density at radius 1 is 1.32 bits per heavy atom. The Labute approximate surface area is 148 Å². The molecule has 0 unspecified atom stereocenters. The molecule has 1 atom stereocenters. The first kappa shape index (κ1) is 16.8. The SMILES string of the molecule is COC[C@@H]1CN(Cc2ccoc2)Cc2cn(CC3CCOCC3)nc21. The minimum atomic E-state index is 0.330. The van der Waals surface area contributed by atoms with E-state index in [2.05, 4.69) is 15.8 Å². The lowest BCUT2D eigenvalue weighted by molar-refractivity contribution is 0.0601. The summed E-state index contributed by atoms with van der Waals surface area (Å²) in [6.07, 6.45) is 8.09. The van der Waals surface area contributed by atoms with Gasteiger partial charge in [0.05, 0.1) is 24.8 Å². The molecule has 1 fully saturated rings. The minimum absolute atomic E-state index is 0.330. The van der Waals surface area contributed by atoms with Crippen molar-refractivity contribution in [3.05, 3.63) is 41.6 Å². The third-order valence-electron chi connectivity index (χ3n) is 5.27. The number of nitrogens with zero attached hydrogens (tertiary/aromatic N) is 3. The lowest BCUT2D eigenvalue weighted by Crippen LogP contribution is -2.34. The monoisotopic (exact) mass is 345 g/mol. The highest BCUT2D eigenvalue weighted by Crippen LogP contribution is 2.29. The molecule has 0 N–H and O–H groups in total. The molecule has 6 heteroatoms. The third-order valence-corrected chi connectivity index (χ3v) is 5.27. The van der Waals surface area contributed by atoms with Crippen LogP contribution in [0.3, 0.4) is 0 Å². The summed E-state index contributed by atoms with van der Waals surface area (Å²) in [4.78, 5) is 2.46. The Bertz CT molecular complexity index is 662. The summed E-state index contributed by atoms with van der Waals surface area (Å²) in [6, 6.07) is 2.04. The molecule has 6 nitrogen and oxygen atoms in total. The molecule has 136 valence electrons. The van der Waals surface area contributed by atoms with Crippen LogP contribution in [-0.4, -0.2) is 48.2 Å². The normalized spacial score (nSPS) is 22.2. The highest BCUT2D eigenvalue weighted by Gasteiger charge is 2.29. The zero-order valence-corrected chi connectivity index (χ0v) is 14.9. The van der Waals surface area contributed by atoms with Crippen LogP contribution in [-0.2, 0) is 29.1 Å². The van der Waals surface area contributed by atoms with Gasteiger partial charge in [0.1, 0.15) is 0 Å². The van der Waals surface area contributed by atoms with Gasteiger partial charge >= 0.3 is 0 Å². The van der Waals surface area contributed by atoms with Crippen molar-refractivity contribution in [2.45, 2.75) is 38.4 Å². The fourth-order valence-electron chi connectivity index (χ4n) is 4.03. The molecule has 0 aromatic carbocycles. The fraction of sp³-hybridized carbons (Fsp3) is 0.632. The predicted molar refractivity (Wildman–Crippen MR) is 93.2 cm³/mol. The van der Waals surface area contributed by atoms with Crippen molar-refractivity contribution in [3.8, 4) is 0 Å². The lowest BCUT2D eigenvalue weighted by atomic mass is 9.97.